The van der Waals surface area contributed by atoms with E-state index in [2.05, 4.69) is 15.3 Å². The van der Waals surface area contributed by atoms with Gasteiger partial charge in [0.15, 0.2) is 15.9 Å². The number of halogens is 3. The van der Waals surface area contributed by atoms with E-state index >= 15 is 0 Å². The minimum Gasteiger partial charge on any atom is -0.480 e. The zero-order valence-electron chi connectivity index (χ0n) is 19.5. The fourth-order valence-corrected chi connectivity index (χ4v) is 4.69. The lowest BCUT2D eigenvalue weighted by molar-refractivity contribution is -0.189. The molecule has 0 unspecified atom stereocenters. The summed E-state index contributed by atoms with van der Waals surface area (Å²) in [6.45, 7) is 2.35. The van der Waals surface area contributed by atoms with E-state index in [1.807, 2.05) is 4.90 Å². The number of amides is 2. The smallest absolute Gasteiger partial charge is 0.425 e. The summed E-state index contributed by atoms with van der Waals surface area (Å²) in [5.74, 6) is -0.673. The molecule has 0 spiro atoms. The normalized spacial score (nSPS) is 17.3. The molecule has 2 aliphatic rings. The second-order valence-electron chi connectivity index (χ2n) is 8.54. The number of anilines is 1. The molecule has 10 nitrogen and oxygen atoms in total. The minimum absolute atomic E-state index is 0.196. The Morgan fingerprint density at radius 3 is 2.50 bits per heavy atom. The van der Waals surface area contributed by atoms with Crippen molar-refractivity contribution in [1.82, 2.24) is 20.2 Å². The molecule has 1 N–H and O–H groups in total. The first-order chi connectivity index (χ1) is 16.9. The van der Waals surface area contributed by atoms with Crippen molar-refractivity contribution in [3.8, 4) is 5.75 Å². The summed E-state index contributed by atoms with van der Waals surface area (Å²) >= 11 is 0. The number of ether oxygens (including phenoxy) is 1. The number of carbonyl (C=O) groups is 2. The maximum atomic E-state index is 13.3. The van der Waals surface area contributed by atoms with Crippen molar-refractivity contribution in [1.29, 1.82) is 0 Å². The minimum atomic E-state index is -4.67. The predicted molar refractivity (Wildman–Crippen MR) is 122 cm³/mol. The standard InChI is InChI=1S/C22H24F3N5O5S/c1-13(22(23,24)25)35-17-4-3-14(36(2,33)34)11-16(17)21(32)30-9-7-29(8-10-30)19-15-5-6-26-20(31)18(15)27-12-28-19/h3-4,11-13H,5-10H2,1-2H3,(H,26,31)/t13-/m0/s1. The zero-order chi connectivity index (χ0) is 26.3. The molecule has 4 rings (SSSR count). The van der Waals surface area contributed by atoms with Crippen molar-refractivity contribution in [2.24, 2.45) is 0 Å². The van der Waals surface area contributed by atoms with Crippen LogP contribution in [0.4, 0.5) is 19.0 Å². The molecule has 0 saturated carbocycles. The van der Waals surface area contributed by atoms with Crippen LogP contribution in [0.5, 0.6) is 5.75 Å². The number of aromatic nitrogens is 2. The summed E-state index contributed by atoms with van der Waals surface area (Å²) in [6.07, 6.45) is -4.07. The van der Waals surface area contributed by atoms with Crippen LogP contribution in [-0.4, -0.2) is 86.4 Å². The van der Waals surface area contributed by atoms with Gasteiger partial charge in [0.1, 0.15) is 23.6 Å². The molecule has 1 saturated heterocycles. The van der Waals surface area contributed by atoms with Gasteiger partial charge >= 0.3 is 6.18 Å². The number of nitrogens with zero attached hydrogens (tertiary/aromatic N) is 4. The number of hydrogen-bond acceptors (Lipinski definition) is 8. The third-order valence-corrected chi connectivity index (χ3v) is 7.15. The van der Waals surface area contributed by atoms with Gasteiger partial charge in [0.05, 0.1) is 10.5 Å². The molecule has 14 heteroatoms. The van der Waals surface area contributed by atoms with E-state index < -0.39 is 28.0 Å². The van der Waals surface area contributed by atoms with Crippen molar-refractivity contribution in [2.75, 3.05) is 43.9 Å². The summed E-state index contributed by atoms with van der Waals surface area (Å²) in [5.41, 5.74) is 0.764. The fraction of sp³-hybridized carbons (Fsp3) is 0.455. The molecule has 2 amide bonds. The number of rotatable bonds is 5. The number of piperazine rings is 1. The van der Waals surface area contributed by atoms with Gasteiger partial charge in [-0.3, -0.25) is 9.59 Å². The Kier molecular flexibility index (Phi) is 6.82. The molecule has 0 radical (unpaired) electrons. The van der Waals surface area contributed by atoms with Gasteiger partial charge in [-0.15, -0.1) is 0 Å². The molecule has 36 heavy (non-hydrogen) atoms. The first kappa shape index (κ1) is 25.7. The van der Waals surface area contributed by atoms with Gasteiger partial charge in [0, 0.05) is 44.5 Å². The maximum absolute atomic E-state index is 13.3. The first-order valence-electron chi connectivity index (χ1n) is 11.1. The summed E-state index contributed by atoms with van der Waals surface area (Å²) < 4.78 is 68.3. The van der Waals surface area contributed by atoms with Gasteiger partial charge in [-0.25, -0.2) is 18.4 Å². The predicted octanol–water partition coefficient (Wildman–Crippen LogP) is 1.46. The van der Waals surface area contributed by atoms with Crippen molar-refractivity contribution >= 4 is 27.5 Å². The maximum Gasteiger partial charge on any atom is 0.425 e. The van der Waals surface area contributed by atoms with E-state index in [9.17, 15) is 31.2 Å². The van der Waals surface area contributed by atoms with Crippen molar-refractivity contribution in [3.05, 3.63) is 41.3 Å². The van der Waals surface area contributed by atoms with E-state index in [4.69, 9.17) is 4.74 Å². The largest absolute Gasteiger partial charge is 0.480 e. The highest BCUT2D eigenvalue weighted by Gasteiger charge is 2.39. The van der Waals surface area contributed by atoms with Crippen LogP contribution in [0.25, 0.3) is 0 Å². The van der Waals surface area contributed by atoms with Gasteiger partial charge in [-0.05, 0) is 31.5 Å². The molecule has 2 aliphatic heterocycles. The summed E-state index contributed by atoms with van der Waals surface area (Å²) in [5, 5.41) is 2.73. The van der Waals surface area contributed by atoms with Crippen LogP contribution in [-0.2, 0) is 16.3 Å². The van der Waals surface area contributed by atoms with Crippen molar-refractivity contribution in [3.63, 3.8) is 0 Å². The third kappa shape index (κ3) is 5.22. The van der Waals surface area contributed by atoms with E-state index in [1.54, 1.807) is 0 Å². The number of hydrogen-bond donors (Lipinski definition) is 1. The van der Waals surface area contributed by atoms with Gasteiger partial charge < -0.3 is 19.9 Å². The van der Waals surface area contributed by atoms with Crippen molar-refractivity contribution in [2.45, 2.75) is 30.5 Å². The number of nitrogens with one attached hydrogen (secondary N) is 1. The lowest BCUT2D eigenvalue weighted by Crippen LogP contribution is -2.49. The van der Waals surface area contributed by atoms with E-state index in [1.165, 1.54) is 11.2 Å². The molecule has 1 fully saturated rings. The lowest BCUT2D eigenvalue weighted by Gasteiger charge is -2.37. The van der Waals surface area contributed by atoms with Gasteiger partial charge in [-0.1, -0.05) is 0 Å². The molecule has 1 aromatic carbocycles. The fourth-order valence-electron chi connectivity index (χ4n) is 4.04. The van der Waals surface area contributed by atoms with Crippen LogP contribution in [0.15, 0.2) is 29.4 Å². The Bertz CT molecular complexity index is 1290. The van der Waals surface area contributed by atoms with Gasteiger partial charge in [-0.2, -0.15) is 13.2 Å². The Hall–Kier alpha value is -3.42. The number of alkyl halides is 3. The molecule has 3 heterocycles. The number of benzene rings is 1. The molecular formula is C22H24F3N5O5S. The lowest BCUT2D eigenvalue weighted by atomic mass is 10.1. The quantitative estimate of drug-likeness (QED) is 0.621. The SMILES string of the molecule is C[C@H](Oc1ccc(S(C)(=O)=O)cc1C(=O)N1CCN(c2ncnc3c2CCNC3=O)CC1)C(F)(F)F. The zero-order valence-corrected chi connectivity index (χ0v) is 20.3. The molecule has 2 aromatic rings. The highest BCUT2D eigenvalue weighted by atomic mass is 32.2. The van der Waals surface area contributed by atoms with Crippen LogP contribution in [0, 0.1) is 0 Å². The van der Waals surface area contributed by atoms with Crippen LogP contribution in [0.2, 0.25) is 0 Å². The number of fused-ring (bicyclic) bond motifs is 1. The molecule has 0 bridgehead atoms. The van der Waals surface area contributed by atoms with Crippen molar-refractivity contribution < 1.29 is 35.9 Å². The topological polar surface area (TPSA) is 122 Å². The first-order valence-corrected chi connectivity index (χ1v) is 13.0. The van der Waals surface area contributed by atoms with Gasteiger partial charge in [0.25, 0.3) is 11.8 Å². The Morgan fingerprint density at radius 1 is 1.17 bits per heavy atom. The van der Waals surface area contributed by atoms with Crippen LogP contribution in [0.1, 0.15) is 33.3 Å². The van der Waals surface area contributed by atoms with Crippen LogP contribution in [0.3, 0.4) is 0 Å². The van der Waals surface area contributed by atoms with E-state index in [0.717, 1.165) is 36.9 Å². The van der Waals surface area contributed by atoms with Crippen LogP contribution < -0.4 is 15.0 Å². The summed E-state index contributed by atoms with van der Waals surface area (Å²) in [4.78, 5) is 36.9. The second kappa shape index (κ2) is 9.56. The van der Waals surface area contributed by atoms with Gasteiger partial charge in [0.2, 0.25) is 0 Å². The molecule has 1 aromatic heterocycles. The average Bonchev–Trinajstić information content (AvgIpc) is 2.82. The molecule has 194 valence electrons. The highest BCUT2D eigenvalue weighted by Crippen LogP contribution is 2.30. The second-order valence-corrected chi connectivity index (χ2v) is 10.6. The Balaban J connectivity index is 1.56. The number of carbonyl (C=O) groups excluding carboxylic acids is 2. The molecule has 0 aliphatic carbocycles. The summed E-state index contributed by atoms with van der Waals surface area (Å²) in [7, 11) is -3.72. The Morgan fingerprint density at radius 2 is 1.86 bits per heavy atom. The summed E-state index contributed by atoms with van der Waals surface area (Å²) in [6, 6.07) is 3.22. The number of sulfone groups is 1. The average molecular weight is 528 g/mol. The van der Waals surface area contributed by atoms with E-state index in [-0.39, 0.29) is 35.2 Å². The highest BCUT2D eigenvalue weighted by molar-refractivity contribution is 7.90. The third-order valence-electron chi connectivity index (χ3n) is 6.04. The van der Waals surface area contributed by atoms with Crippen LogP contribution >= 0.6 is 0 Å². The Labute approximate surface area is 205 Å². The molecular weight excluding hydrogens is 503 g/mol. The monoisotopic (exact) mass is 527 g/mol. The van der Waals surface area contributed by atoms with E-state index in [0.29, 0.717) is 37.6 Å². The molecule has 1 atom stereocenters.